The van der Waals surface area contributed by atoms with Gasteiger partial charge in [-0.2, -0.15) is 0 Å². The summed E-state index contributed by atoms with van der Waals surface area (Å²) in [6, 6.07) is 127. The molecule has 0 unspecified atom stereocenters. The van der Waals surface area contributed by atoms with Crippen molar-refractivity contribution in [2.24, 2.45) is 0 Å². The predicted octanol–water partition coefficient (Wildman–Crippen LogP) is 28.0. The second kappa shape index (κ2) is 35.4. The molecule has 0 N–H and O–H groups in total. The quantitative estimate of drug-likeness (QED) is 0.0715. The monoisotopic (exact) mass is 1860 g/mol. The van der Waals surface area contributed by atoms with Gasteiger partial charge in [-0.3, -0.25) is 8.78 Å². The first-order chi connectivity index (χ1) is 55.9. The average molecular weight is 1860 g/mol. The summed E-state index contributed by atoms with van der Waals surface area (Å²) in [5, 5.41) is 0. The number of pyridine rings is 4. The number of halogens is 4. The van der Waals surface area contributed by atoms with Crippen LogP contribution in [0, 0.1) is 61.4 Å². The zero-order valence-electron chi connectivity index (χ0n) is 62.8. The van der Waals surface area contributed by atoms with E-state index in [0.717, 1.165) is 162 Å². The van der Waals surface area contributed by atoms with Gasteiger partial charge in [-0.05, 0) is 207 Å². The molecule has 0 spiro atoms. The van der Waals surface area contributed by atoms with Crippen molar-refractivity contribution in [1.29, 1.82) is 0 Å². The molecule has 0 aliphatic heterocycles. The number of aromatic nitrogens is 4. The van der Waals surface area contributed by atoms with Crippen molar-refractivity contribution in [2.75, 3.05) is 0 Å². The van der Waals surface area contributed by atoms with Crippen molar-refractivity contribution < 1.29 is 57.8 Å². The Morgan fingerprint density at radius 2 is 0.509 bits per heavy atom. The maximum atomic E-state index is 15.1. The third kappa shape index (κ3) is 17.3. The van der Waals surface area contributed by atoms with E-state index in [1.54, 1.807) is 42.7 Å². The molecule has 0 saturated heterocycles. The van der Waals surface area contributed by atoms with E-state index < -0.39 is 0 Å². The van der Waals surface area contributed by atoms with Crippen LogP contribution in [0.4, 0.5) is 17.6 Å². The molecule has 0 bridgehead atoms. The molecule has 116 heavy (non-hydrogen) atoms. The van der Waals surface area contributed by atoms with Crippen LogP contribution in [-0.4, -0.2) is 19.9 Å². The molecule has 562 valence electrons. The molecule has 0 fully saturated rings. The molecule has 14 aromatic carbocycles. The second-order valence-electron chi connectivity index (χ2n) is 28.0. The molecule has 0 amide bonds. The fourth-order valence-corrected chi connectivity index (χ4v) is 14.9. The summed E-state index contributed by atoms with van der Waals surface area (Å²) in [6.07, 6.45) is 7.45. The summed E-state index contributed by atoms with van der Waals surface area (Å²) < 4.78 is 57.1. The number of hydrogen-bond acceptors (Lipinski definition) is 4. The minimum Gasteiger partial charge on any atom is -0.304 e. The maximum absolute atomic E-state index is 15.1. The molecule has 0 atom stereocenters. The summed E-state index contributed by atoms with van der Waals surface area (Å²) in [5.41, 5.74) is 32.1. The Balaban J connectivity index is 0.000000179. The molecule has 0 aliphatic carbocycles. The zero-order chi connectivity index (χ0) is 77.4. The molecule has 18 aromatic rings. The third-order valence-corrected chi connectivity index (χ3v) is 20.4. The number of rotatable bonds is 16. The predicted molar refractivity (Wildman–Crippen MR) is 456 cm³/mol. The van der Waals surface area contributed by atoms with E-state index in [9.17, 15) is 13.2 Å². The minimum absolute atomic E-state index is 0. The van der Waals surface area contributed by atoms with Gasteiger partial charge in [0, 0.05) is 87.8 Å². The van der Waals surface area contributed by atoms with Crippen molar-refractivity contribution >= 4 is 0 Å². The first kappa shape index (κ1) is 78.0. The smallest absolute Gasteiger partial charge is 0.123 e. The summed E-state index contributed by atoms with van der Waals surface area (Å²) in [5.74, 6) is -1.37. The van der Waals surface area contributed by atoms with E-state index in [-0.39, 0.29) is 63.5 Å². The molecule has 10 heteroatoms. The van der Waals surface area contributed by atoms with Gasteiger partial charge in [-0.1, -0.05) is 231 Å². The van der Waals surface area contributed by atoms with Crippen molar-refractivity contribution in [3.8, 4) is 179 Å². The number of aryl methyl sites for hydroxylation is 2. The topological polar surface area (TPSA) is 51.6 Å². The van der Waals surface area contributed by atoms with Crippen LogP contribution >= 0.6 is 0 Å². The number of nitrogens with zero attached hydrogens (tertiary/aromatic N) is 4. The largest absolute Gasteiger partial charge is 0.304 e. The van der Waals surface area contributed by atoms with Gasteiger partial charge in [0.05, 0.1) is 0 Å². The van der Waals surface area contributed by atoms with Gasteiger partial charge >= 0.3 is 0 Å². The van der Waals surface area contributed by atoms with E-state index in [4.69, 9.17) is 9.97 Å². The van der Waals surface area contributed by atoms with Crippen molar-refractivity contribution in [3.05, 3.63) is 435 Å². The van der Waals surface area contributed by atoms with Gasteiger partial charge < -0.3 is 19.9 Å². The summed E-state index contributed by atoms with van der Waals surface area (Å²) in [7, 11) is 0. The Bertz CT molecular complexity index is 6470. The molecule has 2 radical (unpaired) electrons. The number of hydrogen-bond donors (Lipinski definition) is 0. The first-order valence-corrected chi connectivity index (χ1v) is 37.5. The zero-order valence-corrected chi connectivity index (χ0v) is 67.6. The Kier molecular flexibility index (Phi) is 23.8. The van der Waals surface area contributed by atoms with Crippen molar-refractivity contribution in [2.45, 2.75) is 13.8 Å². The molecule has 18 rings (SSSR count). The van der Waals surface area contributed by atoms with Crippen LogP contribution < -0.4 is 0 Å². The minimum atomic E-state index is -0.356. The Labute approximate surface area is 700 Å². The van der Waals surface area contributed by atoms with E-state index in [2.05, 4.69) is 242 Å². The molecule has 4 heterocycles. The SMILES string of the molecule is Cc1cc(-c2cc(F)ccc2-c2ccc(-c3[c-]cc(F)cc3)nc2)cc(-c2ccccc2-c2cnc(-c3[c-]cccc3)cc2-c2ccc(-c3ccccc3)cc2)c1.Cc1cc(-c2ccc(F)cc2-c2ccc(-c3[c-]cc(F)cc3)nc2)cc(-c2ccccc2-c2cnc(-c3[c-]cccc3)cc2-c2ccc(-c3ccccc3)cc2)c1.[Ir].[Ir]. The van der Waals surface area contributed by atoms with E-state index in [1.165, 1.54) is 42.0 Å². The Hall–Kier alpha value is -13.3. The summed E-state index contributed by atoms with van der Waals surface area (Å²) in [6.45, 7) is 4.15. The standard InChI is InChI=1S/2C53H34F2N2.2Ir/c1-35-28-42(30-43(29-35)47-26-25-45(55)31-49(47)41-22-27-52(56-33-41)40-20-23-44(54)24-21-40)46-14-8-9-15-48(46)51-34-57-53(39-12-6-3-7-13-39)32-50(51)38-18-16-37(17-19-38)36-10-4-2-5-11-36;1-35-28-42(30-43(29-35)49-31-45(55)25-26-47(49)41-22-27-52(56-33-41)40-20-23-44(54)24-21-40)46-14-8-9-15-48(46)51-34-57-53(39-12-6-3-7-13-39)32-50(51)38-18-16-37(17-19-38)36-10-4-2-5-11-36;;/h2*2-12,14-20,22-34H,1H3;;/q2*-2;;. The van der Waals surface area contributed by atoms with Crippen LogP contribution in [0.25, 0.3) is 179 Å². The van der Waals surface area contributed by atoms with Crippen LogP contribution in [0.5, 0.6) is 0 Å². The Morgan fingerprint density at radius 1 is 0.198 bits per heavy atom. The van der Waals surface area contributed by atoms with Crippen LogP contribution in [0.3, 0.4) is 0 Å². The summed E-state index contributed by atoms with van der Waals surface area (Å²) in [4.78, 5) is 19.3. The molecule has 0 aliphatic rings. The van der Waals surface area contributed by atoms with E-state index in [1.807, 2.05) is 103 Å². The van der Waals surface area contributed by atoms with Crippen molar-refractivity contribution in [3.63, 3.8) is 0 Å². The van der Waals surface area contributed by atoms with Gasteiger partial charge in [0.15, 0.2) is 0 Å². The maximum Gasteiger partial charge on any atom is 0.123 e. The van der Waals surface area contributed by atoms with Crippen molar-refractivity contribution in [1.82, 2.24) is 19.9 Å². The number of benzene rings is 14. The van der Waals surface area contributed by atoms with Gasteiger partial charge in [-0.15, -0.1) is 131 Å². The normalized spacial score (nSPS) is 10.9. The molecule has 4 nitrogen and oxygen atoms in total. The van der Waals surface area contributed by atoms with E-state index in [0.29, 0.717) is 22.5 Å². The molecular formula is C106H68F4Ir2N4-4. The molecular weight excluding hydrogens is 1790 g/mol. The van der Waals surface area contributed by atoms with Crippen LogP contribution in [0.1, 0.15) is 11.1 Å². The Morgan fingerprint density at radius 3 is 0.897 bits per heavy atom. The molecule has 4 aromatic heterocycles. The van der Waals surface area contributed by atoms with Gasteiger partial charge in [0.25, 0.3) is 0 Å². The second-order valence-corrected chi connectivity index (χ2v) is 28.0. The fraction of sp³-hybridized carbons (Fsp3) is 0.0189. The van der Waals surface area contributed by atoms with Gasteiger partial charge in [-0.25, -0.2) is 8.78 Å². The third-order valence-electron chi connectivity index (χ3n) is 20.4. The first-order valence-electron chi connectivity index (χ1n) is 37.5. The van der Waals surface area contributed by atoms with E-state index >= 15 is 4.39 Å². The van der Waals surface area contributed by atoms with Crippen LogP contribution in [0.2, 0.25) is 0 Å². The van der Waals surface area contributed by atoms with Crippen LogP contribution in [0.15, 0.2) is 377 Å². The fourth-order valence-electron chi connectivity index (χ4n) is 14.9. The summed E-state index contributed by atoms with van der Waals surface area (Å²) >= 11 is 0. The molecule has 0 saturated carbocycles. The van der Waals surface area contributed by atoms with Gasteiger partial charge in [0.2, 0.25) is 0 Å². The van der Waals surface area contributed by atoms with Gasteiger partial charge in [0.1, 0.15) is 11.6 Å². The average Bonchev–Trinajstić information content (AvgIpc) is 0.774. The van der Waals surface area contributed by atoms with Crippen LogP contribution in [-0.2, 0) is 40.2 Å².